The van der Waals surface area contributed by atoms with E-state index in [0.29, 0.717) is 5.69 Å². The average Bonchev–Trinajstić information content (AvgIpc) is 3.08. The largest absolute Gasteiger partial charge is 0.491 e. The fourth-order valence-corrected chi connectivity index (χ4v) is 8.49. The Morgan fingerprint density at radius 1 is 1.21 bits per heavy atom. The highest BCUT2D eigenvalue weighted by Gasteiger charge is 2.81. The summed E-state index contributed by atoms with van der Waals surface area (Å²) in [7, 11) is 6.68. The van der Waals surface area contributed by atoms with Crippen LogP contribution in [0.5, 0.6) is 11.5 Å². The lowest BCUT2D eigenvalue weighted by Gasteiger charge is -2.57. The van der Waals surface area contributed by atoms with Crippen LogP contribution in [0, 0.1) is 0 Å². The van der Waals surface area contributed by atoms with E-state index in [1.54, 1.807) is 6.92 Å². The minimum absolute atomic E-state index is 0.168. The van der Waals surface area contributed by atoms with Crippen molar-refractivity contribution in [2.75, 3.05) is 26.6 Å². The monoisotopic (exact) mass is 459 g/mol. The number of methoxy groups -OCH3 is 2. The summed E-state index contributed by atoms with van der Waals surface area (Å²) in [4.78, 5) is 26.5. The molecule has 5 heterocycles. The molecule has 156 valence electrons. The maximum Gasteiger partial charge on any atom is 0.264 e. The van der Waals surface area contributed by atoms with E-state index < -0.39 is 33.5 Å². The van der Waals surface area contributed by atoms with E-state index in [0.717, 1.165) is 10.8 Å². The molecular formula is C17H18ClN3O6S2. The summed E-state index contributed by atoms with van der Waals surface area (Å²) in [5.41, 5.74) is -1.38. The van der Waals surface area contributed by atoms with Gasteiger partial charge in [-0.05, 0) is 23.8 Å². The Morgan fingerprint density at radius 3 is 2.48 bits per heavy atom. The number of halogens is 1. The fraction of sp³-hybridized carbons (Fsp3) is 0.529. The molecule has 4 fully saturated rings. The third kappa shape index (κ3) is 1.81. The molecule has 5 atom stereocenters. The molecule has 6 rings (SSSR count). The Hall–Kier alpha value is -1.53. The number of fused-ring (bicyclic) bond motifs is 5. The summed E-state index contributed by atoms with van der Waals surface area (Å²) in [6.45, 7) is 1.65. The number of ether oxygens (including phenoxy) is 2. The van der Waals surface area contributed by atoms with E-state index in [2.05, 4.69) is 5.32 Å². The molecule has 0 saturated carbocycles. The molecule has 3 N–H and O–H groups in total. The number of likely N-dealkylation sites (N-methyl/N-ethyl adjacent to an activating group) is 1. The summed E-state index contributed by atoms with van der Waals surface area (Å²) in [6, 6.07) is 1.47. The molecule has 1 aromatic carbocycles. The van der Waals surface area contributed by atoms with E-state index in [1.807, 2.05) is 0 Å². The molecule has 0 aromatic heterocycles. The van der Waals surface area contributed by atoms with Crippen molar-refractivity contribution in [3.8, 4) is 11.5 Å². The first-order valence-corrected chi connectivity index (χ1v) is 11.2. The van der Waals surface area contributed by atoms with Crippen LogP contribution in [0.25, 0.3) is 0 Å². The number of nitrogens with one attached hydrogen (secondary N) is 1. The number of hydrogen-bond donors (Lipinski definition) is 3. The molecule has 5 unspecified atom stereocenters. The quantitative estimate of drug-likeness (QED) is 0.552. The number of aliphatic hydroxyl groups excluding tert-OH is 1. The number of carbonyl (C=O) groups is 2. The van der Waals surface area contributed by atoms with Gasteiger partial charge in [0.1, 0.15) is 12.3 Å². The average molecular weight is 460 g/mol. The first-order chi connectivity index (χ1) is 13.6. The van der Waals surface area contributed by atoms with Gasteiger partial charge in [-0.2, -0.15) is 0 Å². The SMILES string of the molecule is COc1c(Cl)cc2c(c1OC)NC1N3C(=O)C4(C)SSC3(C(=O)N4C)C(O)C21O. The Morgan fingerprint density at radius 2 is 1.86 bits per heavy atom. The van der Waals surface area contributed by atoms with Gasteiger partial charge in [-0.3, -0.25) is 14.5 Å². The Kier molecular flexibility index (Phi) is 3.74. The van der Waals surface area contributed by atoms with E-state index >= 15 is 0 Å². The van der Waals surface area contributed by atoms with Crippen LogP contribution in [0.4, 0.5) is 5.69 Å². The molecule has 0 aliphatic carbocycles. The first kappa shape index (κ1) is 19.4. The van der Waals surface area contributed by atoms with E-state index in [4.69, 9.17) is 21.1 Å². The maximum atomic E-state index is 13.4. The zero-order valence-corrected chi connectivity index (χ0v) is 18.2. The van der Waals surface area contributed by atoms with Crippen molar-refractivity contribution < 1.29 is 29.3 Å². The van der Waals surface area contributed by atoms with Crippen molar-refractivity contribution in [3.05, 3.63) is 16.7 Å². The number of piperazine rings is 1. The predicted octanol–water partition coefficient (Wildman–Crippen LogP) is 0.779. The lowest BCUT2D eigenvalue weighted by Crippen LogP contribution is -2.77. The van der Waals surface area contributed by atoms with Crippen molar-refractivity contribution >= 4 is 50.7 Å². The Labute approximate surface area is 179 Å². The minimum atomic E-state index is -1.98. The molecule has 12 heteroatoms. The molecule has 2 bridgehead atoms. The molecule has 4 saturated heterocycles. The van der Waals surface area contributed by atoms with Crippen molar-refractivity contribution in [2.45, 2.75) is 34.5 Å². The second-order valence-electron chi connectivity index (χ2n) is 7.51. The third-order valence-corrected chi connectivity index (χ3v) is 10.3. The molecule has 2 amide bonds. The zero-order chi connectivity index (χ0) is 21.1. The van der Waals surface area contributed by atoms with Gasteiger partial charge in [0.25, 0.3) is 11.8 Å². The van der Waals surface area contributed by atoms with E-state index in [9.17, 15) is 19.8 Å². The van der Waals surface area contributed by atoms with Gasteiger partial charge < -0.3 is 29.9 Å². The van der Waals surface area contributed by atoms with Crippen LogP contribution in [0.3, 0.4) is 0 Å². The number of nitrogens with zero attached hydrogens (tertiary/aromatic N) is 2. The number of rotatable bonds is 2. The van der Waals surface area contributed by atoms with Gasteiger partial charge in [0, 0.05) is 12.6 Å². The summed E-state index contributed by atoms with van der Waals surface area (Å²) >= 11 is 6.33. The smallest absolute Gasteiger partial charge is 0.264 e. The highest BCUT2D eigenvalue weighted by Crippen LogP contribution is 2.68. The second-order valence-corrected chi connectivity index (χ2v) is 10.7. The number of hydrogen-bond acceptors (Lipinski definition) is 9. The molecule has 9 nitrogen and oxygen atoms in total. The molecule has 0 radical (unpaired) electrons. The second kappa shape index (κ2) is 5.58. The summed E-state index contributed by atoms with van der Waals surface area (Å²) < 4.78 is 10.7. The summed E-state index contributed by atoms with van der Waals surface area (Å²) in [5, 5.41) is 26.4. The fourth-order valence-electron chi connectivity index (χ4n) is 4.67. The lowest BCUT2D eigenvalue weighted by atomic mass is 9.87. The third-order valence-electron chi connectivity index (χ3n) is 6.33. The highest BCUT2D eigenvalue weighted by atomic mass is 35.5. The van der Waals surface area contributed by atoms with Gasteiger partial charge in [0.2, 0.25) is 4.87 Å². The van der Waals surface area contributed by atoms with Gasteiger partial charge in [0.15, 0.2) is 22.0 Å². The van der Waals surface area contributed by atoms with Crippen LogP contribution < -0.4 is 14.8 Å². The number of anilines is 1. The van der Waals surface area contributed by atoms with Crippen LogP contribution in [0.15, 0.2) is 6.07 Å². The standard InChI is InChI=1S/C17H18ClN3O6S2/c1-15-13(23)21-12-16(25,11(22)17(21,29-28-15)14(24)20(15)2)6-5-7(18)9(26-3)10(27-4)8(6)19-12/h5,11-12,19,22,25H,1-4H3. The number of benzene rings is 1. The first-order valence-electron chi connectivity index (χ1n) is 8.71. The minimum Gasteiger partial charge on any atom is -0.491 e. The summed E-state index contributed by atoms with van der Waals surface area (Å²) in [5.74, 6) is -0.313. The van der Waals surface area contributed by atoms with Crippen molar-refractivity contribution in [3.63, 3.8) is 0 Å². The van der Waals surface area contributed by atoms with Crippen LogP contribution >= 0.6 is 33.2 Å². The number of aliphatic hydroxyl groups is 2. The normalized spacial score (nSPS) is 39.3. The van der Waals surface area contributed by atoms with Crippen LogP contribution in [0.2, 0.25) is 5.02 Å². The molecular weight excluding hydrogens is 442 g/mol. The van der Waals surface area contributed by atoms with Gasteiger partial charge in [-0.25, -0.2) is 0 Å². The number of carbonyl (C=O) groups excluding carboxylic acids is 2. The van der Waals surface area contributed by atoms with Crippen LogP contribution in [-0.4, -0.2) is 75.1 Å². The Bertz CT molecular complexity index is 996. The summed E-state index contributed by atoms with van der Waals surface area (Å²) in [6.07, 6.45) is -2.69. The molecule has 1 spiro atoms. The van der Waals surface area contributed by atoms with Crippen molar-refractivity contribution in [1.82, 2.24) is 9.80 Å². The molecule has 29 heavy (non-hydrogen) atoms. The Balaban J connectivity index is 1.76. The van der Waals surface area contributed by atoms with E-state index in [1.165, 1.54) is 47.9 Å². The number of amides is 2. The van der Waals surface area contributed by atoms with Crippen molar-refractivity contribution in [1.29, 1.82) is 0 Å². The topological polar surface area (TPSA) is 112 Å². The van der Waals surface area contributed by atoms with Gasteiger partial charge >= 0.3 is 0 Å². The maximum absolute atomic E-state index is 13.4. The van der Waals surface area contributed by atoms with Gasteiger partial charge in [-0.15, -0.1) is 0 Å². The lowest BCUT2D eigenvalue weighted by molar-refractivity contribution is -0.166. The van der Waals surface area contributed by atoms with Crippen molar-refractivity contribution in [2.24, 2.45) is 0 Å². The zero-order valence-electron chi connectivity index (χ0n) is 15.8. The van der Waals surface area contributed by atoms with Gasteiger partial charge in [-0.1, -0.05) is 22.4 Å². The van der Waals surface area contributed by atoms with Crippen LogP contribution in [0.1, 0.15) is 12.5 Å². The van der Waals surface area contributed by atoms with Gasteiger partial charge in [0.05, 0.1) is 24.9 Å². The molecule has 1 aromatic rings. The van der Waals surface area contributed by atoms with E-state index in [-0.39, 0.29) is 28.0 Å². The molecule has 5 aliphatic heterocycles. The van der Waals surface area contributed by atoms with Crippen LogP contribution in [-0.2, 0) is 15.2 Å². The predicted molar refractivity (Wildman–Crippen MR) is 108 cm³/mol. The highest BCUT2D eigenvalue weighted by molar-refractivity contribution is 8.78. The molecule has 5 aliphatic rings.